The lowest BCUT2D eigenvalue weighted by atomic mass is 10.1. The van der Waals surface area contributed by atoms with Crippen molar-refractivity contribution in [1.82, 2.24) is 15.2 Å². The highest BCUT2D eigenvalue weighted by atomic mass is 19.1. The van der Waals surface area contributed by atoms with Gasteiger partial charge < -0.3 is 15.0 Å². The van der Waals surface area contributed by atoms with E-state index in [2.05, 4.69) is 10.3 Å². The number of nitrogens with one attached hydrogen (secondary N) is 1. The maximum atomic E-state index is 13.4. The molecule has 146 valence electrons. The van der Waals surface area contributed by atoms with Crippen LogP contribution in [0.2, 0.25) is 0 Å². The number of aromatic nitrogens is 1. The van der Waals surface area contributed by atoms with Crippen molar-refractivity contribution >= 4 is 11.8 Å². The van der Waals surface area contributed by atoms with E-state index in [1.165, 1.54) is 19.2 Å². The van der Waals surface area contributed by atoms with Crippen LogP contribution in [0.25, 0.3) is 0 Å². The Kier molecular flexibility index (Phi) is 4.98. The molecule has 1 unspecified atom stereocenters. The van der Waals surface area contributed by atoms with Crippen LogP contribution in [0.15, 0.2) is 30.3 Å². The van der Waals surface area contributed by atoms with E-state index in [1.807, 2.05) is 6.07 Å². The molecule has 1 aromatic carbocycles. The molecule has 7 heteroatoms. The fourth-order valence-electron chi connectivity index (χ4n) is 3.91. The van der Waals surface area contributed by atoms with Gasteiger partial charge in [-0.25, -0.2) is 9.37 Å². The number of halogens is 1. The molecule has 4 rings (SSSR count). The molecular weight excluding hydrogens is 361 g/mol. The second-order valence-electron chi connectivity index (χ2n) is 7.28. The van der Waals surface area contributed by atoms with Crippen LogP contribution in [-0.4, -0.2) is 41.4 Å². The van der Waals surface area contributed by atoms with Gasteiger partial charge in [-0.3, -0.25) is 9.59 Å². The minimum absolute atomic E-state index is 0.0615. The minimum atomic E-state index is -0.329. The van der Waals surface area contributed by atoms with Crippen molar-refractivity contribution in [2.24, 2.45) is 0 Å². The molecular formula is C21H22FN3O3. The Morgan fingerprint density at radius 1 is 1.36 bits per heavy atom. The number of carbonyl (C=O) groups is 2. The predicted molar refractivity (Wildman–Crippen MR) is 101 cm³/mol. The molecule has 1 N–H and O–H groups in total. The van der Waals surface area contributed by atoms with Gasteiger partial charge in [-0.2, -0.15) is 0 Å². The maximum Gasteiger partial charge on any atom is 0.257 e. The van der Waals surface area contributed by atoms with E-state index in [4.69, 9.17) is 4.74 Å². The minimum Gasteiger partial charge on any atom is -0.480 e. The fourth-order valence-corrected chi connectivity index (χ4v) is 3.91. The lowest BCUT2D eigenvalue weighted by Gasteiger charge is -2.18. The Morgan fingerprint density at radius 2 is 2.21 bits per heavy atom. The van der Waals surface area contributed by atoms with E-state index in [0.29, 0.717) is 24.5 Å². The lowest BCUT2D eigenvalue weighted by molar-refractivity contribution is -0.128. The molecule has 6 nitrogen and oxygen atoms in total. The fraction of sp³-hybridized carbons (Fsp3) is 0.381. The molecule has 1 atom stereocenters. The van der Waals surface area contributed by atoms with Crippen LogP contribution >= 0.6 is 0 Å². The zero-order valence-electron chi connectivity index (χ0n) is 15.7. The van der Waals surface area contributed by atoms with Crippen LogP contribution in [0.1, 0.15) is 40.0 Å². The first kappa shape index (κ1) is 18.4. The number of hydrogen-bond acceptors (Lipinski definition) is 4. The van der Waals surface area contributed by atoms with Gasteiger partial charge in [-0.05, 0) is 48.6 Å². The smallest absolute Gasteiger partial charge is 0.257 e. The highest BCUT2D eigenvalue weighted by Crippen LogP contribution is 2.27. The first-order chi connectivity index (χ1) is 13.5. The Balaban J connectivity index is 1.44. The van der Waals surface area contributed by atoms with Crippen LogP contribution in [-0.2, 0) is 24.2 Å². The van der Waals surface area contributed by atoms with Gasteiger partial charge in [0.2, 0.25) is 11.8 Å². The number of aryl methyl sites for hydroxylation is 2. The standard InChI is InChI=1S/C21H22FN3O3/c1-28-21-17(9-14-5-3-7-18(14)24-21)20(27)23-16-10-19(26)25(12-16)11-13-4-2-6-15(22)8-13/h2,4,6,8-9,16H,3,5,7,10-12H2,1H3,(H,23,27). The summed E-state index contributed by atoms with van der Waals surface area (Å²) in [6, 6.07) is 7.74. The van der Waals surface area contributed by atoms with Crippen molar-refractivity contribution in [1.29, 1.82) is 0 Å². The second-order valence-corrected chi connectivity index (χ2v) is 7.28. The number of hydrogen-bond donors (Lipinski definition) is 1. The molecule has 0 spiro atoms. The summed E-state index contributed by atoms with van der Waals surface area (Å²) in [6.07, 6.45) is 3.07. The monoisotopic (exact) mass is 383 g/mol. The number of carbonyl (C=O) groups excluding carboxylic acids is 2. The average molecular weight is 383 g/mol. The van der Waals surface area contributed by atoms with Gasteiger partial charge in [0.25, 0.3) is 5.91 Å². The number of benzene rings is 1. The van der Waals surface area contributed by atoms with E-state index >= 15 is 0 Å². The Morgan fingerprint density at radius 3 is 3.00 bits per heavy atom. The summed E-state index contributed by atoms with van der Waals surface area (Å²) in [5.41, 5.74) is 3.20. The summed E-state index contributed by atoms with van der Waals surface area (Å²) in [7, 11) is 1.50. The Labute approximate surface area is 162 Å². The molecule has 1 saturated heterocycles. The van der Waals surface area contributed by atoms with Gasteiger partial charge in [-0.15, -0.1) is 0 Å². The highest BCUT2D eigenvalue weighted by Gasteiger charge is 2.32. The molecule has 2 aromatic rings. The molecule has 1 aliphatic heterocycles. The Hall–Kier alpha value is -2.96. The summed E-state index contributed by atoms with van der Waals surface area (Å²) in [5, 5.41) is 2.92. The summed E-state index contributed by atoms with van der Waals surface area (Å²) in [5.74, 6) is -0.359. The van der Waals surface area contributed by atoms with Gasteiger partial charge in [0.15, 0.2) is 0 Å². The number of methoxy groups -OCH3 is 1. The zero-order valence-corrected chi connectivity index (χ0v) is 15.7. The third-order valence-corrected chi connectivity index (χ3v) is 5.27. The number of amides is 2. The maximum absolute atomic E-state index is 13.4. The largest absolute Gasteiger partial charge is 0.480 e. The summed E-state index contributed by atoms with van der Waals surface area (Å²) < 4.78 is 18.7. The first-order valence-corrected chi connectivity index (χ1v) is 9.43. The third-order valence-electron chi connectivity index (χ3n) is 5.27. The SMILES string of the molecule is COc1nc2c(cc1C(=O)NC1CC(=O)N(Cc3cccc(F)c3)C1)CCC2. The molecule has 1 aliphatic carbocycles. The van der Waals surface area contributed by atoms with E-state index < -0.39 is 0 Å². The molecule has 0 bridgehead atoms. The van der Waals surface area contributed by atoms with Crippen LogP contribution in [0, 0.1) is 5.82 Å². The second kappa shape index (κ2) is 7.58. The summed E-state index contributed by atoms with van der Waals surface area (Å²) in [6.45, 7) is 0.717. The number of nitrogens with zero attached hydrogens (tertiary/aromatic N) is 2. The van der Waals surface area contributed by atoms with Crippen LogP contribution in [0.5, 0.6) is 5.88 Å². The van der Waals surface area contributed by atoms with E-state index in [0.717, 1.165) is 36.1 Å². The van der Waals surface area contributed by atoms with Crippen molar-refractivity contribution in [3.63, 3.8) is 0 Å². The highest BCUT2D eigenvalue weighted by molar-refractivity contribution is 5.97. The van der Waals surface area contributed by atoms with E-state index in [-0.39, 0.29) is 30.1 Å². The van der Waals surface area contributed by atoms with Gasteiger partial charge in [0, 0.05) is 25.2 Å². The molecule has 1 aromatic heterocycles. The molecule has 2 aliphatic rings. The predicted octanol–water partition coefficient (Wildman–Crippen LogP) is 2.25. The topological polar surface area (TPSA) is 71.5 Å². The molecule has 2 heterocycles. The van der Waals surface area contributed by atoms with Crippen LogP contribution < -0.4 is 10.1 Å². The molecule has 28 heavy (non-hydrogen) atoms. The van der Waals surface area contributed by atoms with Crippen LogP contribution in [0.3, 0.4) is 0 Å². The lowest BCUT2D eigenvalue weighted by Crippen LogP contribution is -2.37. The van der Waals surface area contributed by atoms with Gasteiger partial charge in [0.05, 0.1) is 13.2 Å². The van der Waals surface area contributed by atoms with Gasteiger partial charge >= 0.3 is 0 Å². The molecule has 1 fully saturated rings. The molecule has 0 saturated carbocycles. The van der Waals surface area contributed by atoms with Crippen molar-refractivity contribution < 1.29 is 18.7 Å². The third kappa shape index (κ3) is 3.69. The van der Waals surface area contributed by atoms with Crippen LogP contribution in [0.4, 0.5) is 4.39 Å². The molecule has 2 amide bonds. The number of ether oxygens (including phenoxy) is 1. The van der Waals surface area contributed by atoms with Crippen molar-refractivity contribution in [2.45, 2.75) is 38.3 Å². The van der Waals surface area contributed by atoms with Crippen molar-refractivity contribution in [3.8, 4) is 5.88 Å². The van der Waals surface area contributed by atoms with Crippen molar-refractivity contribution in [3.05, 3.63) is 58.5 Å². The van der Waals surface area contributed by atoms with E-state index in [9.17, 15) is 14.0 Å². The van der Waals surface area contributed by atoms with Gasteiger partial charge in [0.1, 0.15) is 11.4 Å². The number of fused-ring (bicyclic) bond motifs is 1. The summed E-state index contributed by atoms with van der Waals surface area (Å²) in [4.78, 5) is 31.2. The number of pyridine rings is 1. The quantitative estimate of drug-likeness (QED) is 0.860. The zero-order chi connectivity index (χ0) is 19.7. The first-order valence-electron chi connectivity index (χ1n) is 9.43. The number of likely N-dealkylation sites (tertiary alicyclic amines) is 1. The number of rotatable bonds is 5. The average Bonchev–Trinajstić information content (AvgIpc) is 3.26. The Bertz CT molecular complexity index is 931. The molecule has 0 radical (unpaired) electrons. The van der Waals surface area contributed by atoms with Crippen molar-refractivity contribution in [2.75, 3.05) is 13.7 Å². The normalized spacial score (nSPS) is 18.3. The van der Waals surface area contributed by atoms with Gasteiger partial charge in [-0.1, -0.05) is 12.1 Å². The summed E-state index contributed by atoms with van der Waals surface area (Å²) >= 11 is 0. The van der Waals surface area contributed by atoms with E-state index in [1.54, 1.807) is 17.0 Å².